The van der Waals surface area contributed by atoms with Crippen LogP contribution in [-0.4, -0.2) is 28.8 Å². The predicted molar refractivity (Wildman–Crippen MR) is 118 cm³/mol. The maximum absolute atomic E-state index is 4.77. The molecule has 26 heavy (non-hydrogen) atoms. The molecule has 1 aromatic heterocycles. The Hall–Kier alpha value is -1.57. The van der Waals surface area contributed by atoms with Crippen molar-refractivity contribution in [3.63, 3.8) is 0 Å². The van der Waals surface area contributed by atoms with Gasteiger partial charge in [0.2, 0.25) is 0 Å². The molecular formula is C20H30IN5. The highest BCUT2D eigenvalue weighted by Gasteiger charge is 2.21. The van der Waals surface area contributed by atoms with Gasteiger partial charge in [-0.15, -0.1) is 24.0 Å². The van der Waals surface area contributed by atoms with Crippen LogP contribution in [0.1, 0.15) is 42.3 Å². The summed E-state index contributed by atoms with van der Waals surface area (Å²) in [6.45, 7) is 9.67. The maximum Gasteiger partial charge on any atom is 0.191 e. The summed E-state index contributed by atoms with van der Waals surface area (Å²) in [6, 6.07) is 10.5. The van der Waals surface area contributed by atoms with Crippen LogP contribution in [0.3, 0.4) is 0 Å². The Morgan fingerprint density at radius 2 is 1.92 bits per heavy atom. The van der Waals surface area contributed by atoms with Gasteiger partial charge in [-0.2, -0.15) is 5.10 Å². The quantitative estimate of drug-likeness (QED) is 0.372. The van der Waals surface area contributed by atoms with Gasteiger partial charge in [0.05, 0.1) is 18.8 Å². The van der Waals surface area contributed by atoms with Gasteiger partial charge in [0.15, 0.2) is 5.96 Å². The number of nitrogens with one attached hydrogen (secondary N) is 2. The molecule has 3 rings (SSSR count). The van der Waals surface area contributed by atoms with Gasteiger partial charge in [0.1, 0.15) is 0 Å². The third-order valence-corrected chi connectivity index (χ3v) is 4.70. The second kappa shape index (κ2) is 9.94. The first-order valence-electron chi connectivity index (χ1n) is 9.26. The Bertz CT molecular complexity index is 719. The Kier molecular flexibility index (Phi) is 7.93. The number of halogens is 1. The summed E-state index contributed by atoms with van der Waals surface area (Å²) in [6.07, 6.45) is 2.69. The molecular weight excluding hydrogens is 437 g/mol. The standard InChI is InChI=1S/C20H29N5.HI/c1-4-21-20(22-12-17-10-11-17)23-13-19-15(2)24-25(16(19)3)14-18-8-6-5-7-9-18;/h5-9,17H,4,10-14H2,1-3H3,(H2,21,22,23);1H. The van der Waals surface area contributed by atoms with Crippen LogP contribution < -0.4 is 10.6 Å². The Morgan fingerprint density at radius 1 is 1.19 bits per heavy atom. The third kappa shape index (κ3) is 5.72. The highest BCUT2D eigenvalue weighted by molar-refractivity contribution is 14.0. The summed E-state index contributed by atoms with van der Waals surface area (Å²) in [4.78, 5) is 4.77. The minimum atomic E-state index is 0. The molecule has 6 heteroatoms. The topological polar surface area (TPSA) is 54.2 Å². The van der Waals surface area contributed by atoms with E-state index in [1.807, 2.05) is 6.07 Å². The number of rotatable bonds is 7. The van der Waals surface area contributed by atoms with Gasteiger partial charge in [0.25, 0.3) is 0 Å². The molecule has 0 amide bonds. The van der Waals surface area contributed by atoms with Crippen molar-refractivity contribution in [2.24, 2.45) is 10.9 Å². The van der Waals surface area contributed by atoms with Crippen molar-refractivity contribution in [2.45, 2.75) is 46.7 Å². The monoisotopic (exact) mass is 467 g/mol. The second-order valence-corrected chi connectivity index (χ2v) is 6.81. The maximum atomic E-state index is 4.77. The van der Waals surface area contributed by atoms with Crippen LogP contribution in [0, 0.1) is 19.8 Å². The van der Waals surface area contributed by atoms with Crippen molar-refractivity contribution in [1.82, 2.24) is 20.4 Å². The van der Waals surface area contributed by atoms with E-state index in [-0.39, 0.29) is 24.0 Å². The molecule has 0 atom stereocenters. The molecule has 0 spiro atoms. The molecule has 1 aromatic carbocycles. The van der Waals surface area contributed by atoms with Gasteiger partial charge in [-0.25, -0.2) is 4.99 Å². The highest BCUT2D eigenvalue weighted by atomic mass is 127. The molecule has 1 saturated carbocycles. The van der Waals surface area contributed by atoms with Crippen LogP contribution in [-0.2, 0) is 13.1 Å². The van der Waals surface area contributed by atoms with Gasteiger partial charge in [0, 0.05) is 24.3 Å². The fourth-order valence-electron chi connectivity index (χ4n) is 2.94. The van der Waals surface area contributed by atoms with Gasteiger partial charge >= 0.3 is 0 Å². The summed E-state index contributed by atoms with van der Waals surface area (Å²) >= 11 is 0. The molecule has 2 aromatic rings. The summed E-state index contributed by atoms with van der Waals surface area (Å²) in [7, 11) is 0. The highest BCUT2D eigenvalue weighted by Crippen LogP contribution is 2.27. The van der Waals surface area contributed by atoms with Crippen molar-refractivity contribution >= 4 is 29.9 Å². The van der Waals surface area contributed by atoms with E-state index in [0.717, 1.165) is 37.2 Å². The number of aromatic nitrogens is 2. The zero-order chi connectivity index (χ0) is 17.6. The average molecular weight is 467 g/mol. The largest absolute Gasteiger partial charge is 0.357 e. The van der Waals surface area contributed by atoms with Crippen LogP contribution in [0.15, 0.2) is 35.3 Å². The lowest BCUT2D eigenvalue weighted by Gasteiger charge is -2.11. The van der Waals surface area contributed by atoms with E-state index >= 15 is 0 Å². The van der Waals surface area contributed by atoms with E-state index in [9.17, 15) is 0 Å². The Morgan fingerprint density at radius 3 is 2.58 bits per heavy atom. The summed E-state index contributed by atoms with van der Waals surface area (Å²) in [5, 5.41) is 11.5. The number of guanidine groups is 1. The normalized spacial score (nSPS) is 14.0. The molecule has 1 aliphatic carbocycles. The van der Waals surface area contributed by atoms with Gasteiger partial charge in [-0.3, -0.25) is 4.68 Å². The summed E-state index contributed by atoms with van der Waals surface area (Å²) < 4.78 is 2.08. The summed E-state index contributed by atoms with van der Waals surface area (Å²) in [5.74, 6) is 1.74. The molecule has 142 valence electrons. The van der Waals surface area contributed by atoms with E-state index < -0.39 is 0 Å². The minimum Gasteiger partial charge on any atom is -0.357 e. The van der Waals surface area contributed by atoms with E-state index in [1.165, 1.54) is 29.7 Å². The molecule has 0 saturated heterocycles. The van der Waals surface area contributed by atoms with Crippen molar-refractivity contribution in [3.8, 4) is 0 Å². The first-order chi connectivity index (χ1) is 12.2. The first-order valence-corrected chi connectivity index (χ1v) is 9.26. The lowest BCUT2D eigenvalue weighted by molar-refractivity contribution is 0.658. The molecule has 1 aliphatic rings. The van der Waals surface area contributed by atoms with Gasteiger partial charge in [-0.1, -0.05) is 30.3 Å². The number of aliphatic imine (C=N–C) groups is 1. The lowest BCUT2D eigenvalue weighted by Crippen LogP contribution is -2.38. The average Bonchev–Trinajstić information content (AvgIpc) is 3.40. The number of hydrogen-bond donors (Lipinski definition) is 2. The number of hydrogen-bond acceptors (Lipinski definition) is 2. The molecule has 5 nitrogen and oxygen atoms in total. The smallest absolute Gasteiger partial charge is 0.191 e. The molecule has 0 radical (unpaired) electrons. The zero-order valence-electron chi connectivity index (χ0n) is 16.0. The van der Waals surface area contributed by atoms with Crippen molar-refractivity contribution < 1.29 is 0 Å². The molecule has 0 bridgehead atoms. The fourth-order valence-corrected chi connectivity index (χ4v) is 2.94. The fraction of sp³-hybridized carbons (Fsp3) is 0.500. The van der Waals surface area contributed by atoms with Crippen molar-refractivity contribution in [3.05, 3.63) is 52.8 Å². The first kappa shape index (κ1) is 20.7. The van der Waals surface area contributed by atoms with E-state index in [4.69, 9.17) is 10.1 Å². The van der Waals surface area contributed by atoms with Crippen LogP contribution >= 0.6 is 24.0 Å². The Labute approximate surface area is 173 Å². The second-order valence-electron chi connectivity index (χ2n) is 6.81. The molecule has 1 fully saturated rings. The molecule has 0 aliphatic heterocycles. The number of benzene rings is 1. The van der Waals surface area contributed by atoms with Crippen molar-refractivity contribution in [2.75, 3.05) is 13.1 Å². The van der Waals surface area contributed by atoms with Crippen LogP contribution in [0.5, 0.6) is 0 Å². The molecule has 2 N–H and O–H groups in total. The lowest BCUT2D eigenvalue weighted by atomic mass is 10.2. The SMILES string of the molecule is CCNC(=NCc1c(C)nn(Cc2ccccc2)c1C)NCC1CC1.I. The van der Waals surface area contributed by atoms with E-state index in [0.29, 0.717) is 6.54 Å². The van der Waals surface area contributed by atoms with E-state index in [2.05, 4.69) is 60.4 Å². The number of aryl methyl sites for hydroxylation is 1. The predicted octanol–water partition coefficient (Wildman–Crippen LogP) is 3.63. The molecule has 1 heterocycles. The molecule has 0 unspecified atom stereocenters. The van der Waals surface area contributed by atoms with Crippen LogP contribution in [0.25, 0.3) is 0 Å². The van der Waals surface area contributed by atoms with Crippen molar-refractivity contribution in [1.29, 1.82) is 0 Å². The summed E-state index contributed by atoms with van der Waals surface area (Å²) in [5.41, 5.74) is 4.75. The van der Waals surface area contributed by atoms with E-state index in [1.54, 1.807) is 0 Å². The zero-order valence-corrected chi connectivity index (χ0v) is 18.3. The van der Waals surface area contributed by atoms with Crippen LogP contribution in [0.2, 0.25) is 0 Å². The third-order valence-electron chi connectivity index (χ3n) is 4.70. The minimum absolute atomic E-state index is 0. The number of nitrogens with zero attached hydrogens (tertiary/aromatic N) is 3. The Balaban J connectivity index is 0.00000243. The van der Waals surface area contributed by atoms with Gasteiger partial charge < -0.3 is 10.6 Å². The van der Waals surface area contributed by atoms with Crippen LogP contribution in [0.4, 0.5) is 0 Å². The van der Waals surface area contributed by atoms with Gasteiger partial charge in [-0.05, 0) is 45.1 Å².